The van der Waals surface area contributed by atoms with Crippen LogP contribution in [0.1, 0.15) is 66.3 Å². The van der Waals surface area contributed by atoms with Crippen molar-refractivity contribution in [2.75, 3.05) is 36.4 Å². The van der Waals surface area contributed by atoms with Gasteiger partial charge in [0.1, 0.15) is 0 Å². The predicted molar refractivity (Wildman–Crippen MR) is 165 cm³/mol. The molecule has 0 saturated carbocycles. The SMILES string of the molecule is CC(C)(C)c1ccc(C(=O)N[C@@H]2CCCN(c3nc(Nc4ccc(C(=O)N5CC[C@@H](O)C5)cc4)c4nccn4n3)C2)cc1. The first-order chi connectivity index (χ1) is 20.6. The Hall–Kier alpha value is -4.51. The molecule has 0 aliphatic carbocycles. The summed E-state index contributed by atoms with van der Waals surface area (Å²) in [5.74, 6) is 0.919. The van der Waals surface area contributed by atoms with Gasteiger partial charge in [-0.3, -0.25) is 9.59 Å². The fraction of sp³-hybridized carbons (Fsp3) is 0.406. The molecule has 0 bridgehead atoms. The van der Waals surface area contributed by atoms with Gasteiger partial charge in [0.05, 0.1) is 6.10 Å². The Labute approximate surface area is 250 Å². The van der Waals surface area contributed by atoms with Crippen LogP contribution in [0.4, 0.5) is 17.5 Å². The highest BCUT2D eigenvalue weighted by Gasteiger charge is 2.27. The highest BCUT2D eigenvalue weighted by atomic mass is 16.3. The van der Waals surface area contributed by atoms with E-state index < -0.39 is 6.10 Å². The lowest BCUT2D eigenvalue weighted by Gasteiger charge is -2.33. The topological polar surface area (TPSA) is 128 Å². The Bertz CT molecular complexity index is 1610. The first-order valence-corrected chi connectivity index (χ1v) is 14.9. The van der Waals surface area contributed by atoms with Crippen LogP contribution in [0, 0.1) is 0 Å². The molecule has 0 spiro atoms. The van der Waals surface area contributed by atoms with Gasteiger partial charge in [0.2, 0.25) is 5.95 Å². The van der Waals surface area contributed by atoms with E-state index in [1.165, 1.54) is 5.56 Å². The Morgan fingerprint density at radius 1 is 0.953 bits per heavy atom. The number of amides is 2. The van der Waals surface area contributed by atoms with Gasteiger partial charge in [0.15, 0.2) is 11.5 Å². The summed E-state index contributed by atoms with van der Waals surface area (Å²) in [6.45, 7) is 8.76. The third-order valence-electron chi connectivity index (χ3n) is 8.14. The van der Waals surface area contributed by atoms with Gasteiger partial charge < -0.3 is 25.5 Å². The number of nitrogens with one attached hydrogen (secondary N) is 2. The maximum absolute atomic E-state index is 13.1. The molecule has 2 aliphatic rings. The Morgan fingerprint density at radius 3 is 2.40 bits per heavy atom. The smallest absolute Gasteiger partial charge is 0.253 e. The zero-order valence-electron chi connectivity index (χ0n) is 24.8. The lowest BCUT2D eigenvalue weighted by Crippen LogP contribution is -2.48. The van der Waals surface area contributed by atoms with Gasteiger partial charge in [-0.1, -0.05) is 32.9 Å². The number of hydrogen-bond acceptors (Lipinski definition) is 8. The molecule has 11 heteroatoms. The summed E-state index contributed by atoms with van der Waals surface area (Å²) in [4.78, 5) is 38.9. The number of aromatic nitrogens is 4. The van der Waals surface area contributed by atoms with E-state index in [2.05, 4.69) is 41.3 Å². The average Bonchev–Trinajstić information content (AvgIpc) is 3.66. The second-order valence-electron chi connectivity index (χ2n) is 12.4. The van der Waals surface area contributed by atoms with Gasteiger partial charge in [0.25, 0.3) is 11.8 Å². The van der Waals surface area contributed by atoms with Gasteiger partial charge in [0, 0.05) is 61.4 Å². The van der Waals surface area contributed by atoms with E-state index in [9.17, 15) is 14.7 Å². The Kier molecular flexibility index (Phi) is 7.74. The number of nitrogens with zero attached hydrogens (tertiary/aromatic N) is 6. The minimum atomic E-state index is -0.453. The second kappa shape index (κ2) is 11.6. The lowest BCUT2D eigenvalue weighted by molar-refractivity contribution is 0.0764. The van der Waals surface area contributed by atoms with Gasteiger partial charge >= 0.3 is 0 Å². The van der Waals surface area contributed by atoms with E-state index in [4.69, 9.17) is 10.1 Å². The standard InChI is InChI=1S/C32H38N8O3/c1-32(2,3)23-10-6-21(7-11-23)29(42)35-25-5-4-16-39(19-25)31-36-27(28-33-15-18-40(28)37-31)34-24-12-8-22(9-13-24)30(43)38-17-14-26(41)20-38/h6-13,15,18,25-26,41H,4-5,14,16-17,19-20H2,1-3H3,(H,35,42)(H,34,36,37)/t25-,26-/m1/s1. The number of aliphatic hydroxyl groups is 1. The summed E-state index contributed by atoms with van der Waals surface area (Å²) in [5.41, 5.74) is 3.78. The van der Waals surface area contributed by atoms with Crippen LogP contribution in [0.3, 0.4) is 0 Å². The maximum Gasteiger partial charge on any atom is 0.253 e. The van der Waals surface area contributed by atoms with Crippen molar-refractivity contribution in [2.24, 2.45) is 0 Å². The largest absolute Gasteiger partial charge is 0.391 e. The van der Waals surface area contributed by atoms with Crippen LogP contribution in [0.15, 0.2) is 60.9 Å². The molecule has 2 aromatic carbocycles. The summed E-state index contributed by atoms with van der Waals surface area (Å²) in [6.07, 6.45) is 5.38. The molecule has 6 rings (SSSR count). The molecule has 224 valence electrons. The summed E-state index contributed by atoms with van der Waals surface area (Å²) in [5, 5.41) is 21.0. The van der Waals surface area contributed by atoms with Crippen molar-refractivity contribution in [3.05, 3.63) is 77.6 Å². The third kappa shape index (κ3) is 6.31. The number of carbonyl (C=O) groups excluding carboxylic acids is 2. The predicted octanol–water partition coefficient (Wildman–Crippen LogP) is 3.77. The quantitative estimate of drug-likeness (QED) is 0.314. The van der Waals surface area contributed by atoms with Crippen LogP contribution in [0.25, 0.3) is 5.65 Å². The monoisotopic (exact) mass is 582 g/mol. The van der Waals surface area contributed by atoms with Crippen molar-refractivity contribution in [3.63, 3.8) is 0 Å². The van der Waals surface area contributed by atoms with Crippen LogP contribution < -0.4 is 15.5 Å². The van der Waals surface area contributed by atoms with E-state index in [0.29, 0.717) is 54.6 Å². The van der Waals surface area contributed by atoms with Crippen molar-refractivity contribution in [2.45, 2.75) is 57.6 Å². The highest BCUT2D eigenvalue weighted by Crippen LogP contribution is 2.25. The Balaban J connectivity index is 1.15. The maximum atomic E-state index is 13.1. The summed E-state index contributed by atoms with van der Waals surface area (Å²) in [7, 11) is 0. The molecular formula is C32H38N8O3. The molecule has 0 radical (unpaired) electrons. The van der Waals surface area contributed by atoms with Gasteiger partial charge in [-0.15, -0.1) is 5.10 Å². The fourth-order valence-electron chi connectivity index (χ4n) is 5.64. The zero-order chi connectivity index (χ0) is 30.1. The van der Waals surface area contributed by atoms with Crippen LogP contribution in [-0.4, -0.2) is 79.7 Å². The molecule has 0 unspecified atom stereocenters. The van der Waals surface area contributed by atoms with E-state index in [1.54, 1.807) is 33.9 Å². The van der Waals surface area contributed by atoms with Crippen LogP contribution in [0.2, 0.25) is 0 Å². The van der Waals surface area contributed by atoms with Crippen LogP contribution in [0.5, 0.6) is 0 Å². The van der Waals surface area contributed by atoms with E-state index in [-0.39, 0.29) is 23.3 Å². The van der Waals surface area contributed by atoms with Gasteiger partial charge in [-0.05, 0) is 66.6 Å². The number of imidazole rings is 1. The van der Waals surface area contributed by atoms with Crippen LogP contribution >= 0.6 is 0 Å². The number of β-amino-alcohol motifs (C(OH)–C–C–N with tert-alkyl or cyclic N) is 1. The van der Waals surface area contributed by atoms with E-state index >= 15 is 0 Å². The van der Waals surface area contributed by atoms with Crippen molar-refractivity contribution < 1.29 is 14.7 Å². The van der Waals surface area contributed by atoms with Crippen molar-refractivity contribution in [3.8, 4) is 0 Å². The van der Waals surface area contributed by atoms with Crippen molar-refractivity contribution in [1.82, 2.24) is 29.8 Å². The normalized spacial score (nSPS) is 19.1. The van der Waals surface area contributed by atoms with E-state index in [0.717, 1.165) is 25.1 Å². The number of likely N-dealkylation sites (tertiary alicyclic amines) is 1. The number of carbonyl (C=O) groups is 2. The van der Waals surface area contributed by atoms with Crippen molar-refractivity contribution in [1.29, 1.82) is 0 Å². The fourth-order valence-corrected chi connectivity index (χ4v) is 5.64. The summed E-state index contributed by atoms with van der Waals surface area (Å²) >= 11 is 0. The molecule has 3 N–H and O–H groups in total. The summed E-state index contributed by atoms with van der Waals surface area (Å²) in [6, 6.07) is 15.0. The molecule has 4 heterocycles. The van der Waals surface area contributed by atoms with Gasteiger partial charge in [-0.2, -0.15) is 4.98 Å². The van der Waals surface area contributed by atoms with Crippen molar-refractivity contribution >= 4 is 34.9 Å². The third-order valence-corrected chi connectivity index (χ3v) is 8.14. The van der Waals surface area contributed by atoms with Crippen LogP contribution in [-0.2, 0) is 5.41 Å². The zero-order valence-corrected chi connectivity index (χ0v) is 24.8. The molecule has 43 heavy (non-hydrogen) atoms. The number of benzene rings is 2. The minimum Gasteiger partial charge on any atom is -0.391 e. The molecule has 2 atom stereocenters. The molecule has 4 aromatic rings. The molecule has 11 nitrogen and oxygen atoms in total. The highest BCUT2D eigenvalue weighted by molar-refractivity contribution is 5.95. The minimum absolute atomic E-state index is 0.0318. The molecule has 2 amide bonds. The first kappa shape index (κ1) is 28.6. The number of rotatable bonds is 6. The summed E-state index contributed by atoms with van der Waals surface area (Å²) < 4.78 is 1.69. The molecular weight excluding hydrogens is 544 g/mol. The number of fused-ring (bicyclic) bond motifs is 1. The lowest BCUT2D eigenvalue weighted by atomic mass is 9.86. The average molecular weight is 583 g/mol. The number of hydrogen-bond donors (Lipinski definition) is 3. The molecule has 2 fully saturated rings. The first-order valence-electron chi connectivity index (χ1n) is 14.9. The molecule has 2 aromatic heterocycles. The number of anilines is 3. The number of piperidine rings is 1. The number of aliphatic hydroxyl groups excluding tert-OH is 1. The molecule has 2 saturated heterocycles. The van der Waals surface area contributed by atoms with E-state index in [1.807, 2.05) is 36.4 Å². The second-order valence-corrected chi connectivity index (χ2v) is 12.4. The molecule has 2 aliphatic heterocycles. The Morgan fingerprint density at radius 2 is 1.70 bits per heavy atom. The van der Waals surface area contributed by atoms with Gasteiger partial charge in [-0.25, -0.2) is 9.50 Å².